The summed E-state index contributed by atoms with van der Waals surface area (Å²) in [5.74, 6) is -0.0358. The number of benzene rings is 1. The molecule has 1 amide bonds. The maximum atomic E-state index is 12.2. The number of aliphatic hydroxyl groups is 1. The van der Waals surface area contributed by atoms with Gasteiger partial charge in [0, 0.05) is 23.5 Å². The zero-order valence-electron chi connectivity index (χ0n) is 10.2. The number of hydrogen-bond donors (Lipinski definition) is 2. The molecule has 1 aromatic heterocycles. The Balaban J connectivity index is 2.32. The van der Waals surface area contributed by atoms with Gasteiger partial charge in [-0.25, -0.2) is 0 Å². The summed E-state index contributed by atoms with van der Waals surface area (Å²) in [6.45, 7) is 2.85. The molecule has 0 radical (unpaired) electrons. The first-order chi connectivity index (χ1) is 8.65. The lowest BCUT2D eigenvalue weighted by Crippen LogP contribution is -2.32. The van der Waals surface area contributed by atoms with E-state index in [2.05, 4.69) is 0 Å². The van der Waals surface area contributed by atoms with E-state index in [0.29, 0.717) is 23.7 Å². The van der Waals surface area contributed by atoms with E-state index >= 15 is 0 Å². The summed E-state index contributed by atoms with van der Waals surface area (Å²) < 4.78 is 1.05. The molecule has 0 saturated carbocycles. The maximum absolute atomic E-state index is 12.2. The highest BCUT2D eigenvalue weighted by atomic mass is 32.1. The van der Waals surface area contributed by atoms with Crippen LogP contribution in [0.5, 0.6) is 0 Å². The van der Waals surface area contributed by atoms with Gasteiger partial charge in [-0.3, -0.25) is 4.79 Å². The second kappa shape index (κ2) is 5.37. The Morgan fingerprint density at radius 1 is 1.44 bits per heavy atom. The fraction of sp³-hybridized carbons (Fsp3) is 0.308. The Bertz CT molecular complexity index is 565. The van der Waals surface area contributed by atoms with Crippen LogP contribution in [0.15, 0.2) is 24.3 Å². The molecule has 0 bridgehead atoms. The highest BCUT2D eigenvalue weighted by molar-refractivity contribution is 7.20. The van der Waals surface area contributed by atoms with Crippen LogP contribution in [0.4, 0.5) is 5.69 Å². The topological polar surface area (TPSA) is 66.6 Å². The minimum atomic E-state index is -0.0358. The molecule has 4 nitrogen and oxygen atoms in total. The third-order valence-electron chi connectivity index (χ3n) is 2.79. The Hall–Kier alpha value is -1.59. The van der Waals surface area contributed by atoms with Gasteiger partial charge in [-0.1, -0.05) is 0 Å². The molecule has 2 rings (SSSR count). The first kappa shape index (κ1) is 12.9. The van der Waals surface area contributed by atoms with Crippen molar-refractivity contribution in [3.63, 3.8) is 0 Å². The van der Waals surface area contributed by atoms with Crippen molar-refractivity contribution < 1.29 is 9.90 Å². The van der Waals surface area contributed by atoms with E-state index in [1.54, 1.807) is 4.90 Å². The van der Waals surface area contributed by atoms with E-state index in [9.17, 15) is 4.79 Å². The van der Waals surface area contributed by atoms with Gasteiger partial charge in [0.1, 0.15) is 0 Å². The molecule has 0 aliphatic heterocycles. The Labute approximate surface area is 110 Å². The number of rotatable bonds is 4. The third-order valence-corrected chi connectivity index (χ3v) is 3.89. The molecule has 0 aliphatic carbocycles. The predicted molar refractivity (Wildman–Crippen MR) is 74.9 cm³/mol. The number of likely N-dealkylation sites (N-methyl/N-ethyl adjacent to an activating group) is 1. The van der Waals surface area contributed by atoms with Crippen molar-refractivity contribution >= 4 is 33.0 Å². The normalized spacial score (nSPS) is 10.8. The van der Waals surface area contributed by atoms with Crippen molar-refractivity contribution in [2.45, 2.75) is 6.92 Å². The quantitative estimate of drug-likeness (QED) is 0.829. The molecule has 5 heteroatoms. The van der Waals surface area contributed by atoms with Crippen molar-refractivity contribution in [3.8, 4) is 0 Å². The molecule has 0 fully saturated rings. The van der Waals surface area contributed by atoms with Gasteiger partial charge in [-0.2, -0.15) is 0 Å². The molecule has 3 N–H and O–H groups in total. The van der Waals surface area contributed by atoms with E-state index < -0.39 is 0 Å². The van der Waals surface area contributed by atoms with E-state index in [1.807, 2.05) is 31.2 Å². The lowest BCUT2D eigenvalue weighted by molar-refractivity contribution is 0.0737. The Morgan fingerprint density at radius 3 is 2.89 bits per heavy atom. The van der Waals surface area contributed by atoms with Crippen LogP contribution < -0.4 is 5.73 Å². The van der Waals surface area contributed by atoms with Crippen molar-refractivity contribution in [3.05, 3.63) is 29.1 Å². The summed E-state index contributed by atoms with van der Waals surface area (Å²) in [6, 6.07) is 7.48. The average molecular weight is 264 g/mol. The van der Waals surface area contributed by atoms with Crippen LogP contribution in [0.3, 0.4) is 0 Å². The van der Waals surface area contributed by atoms with Crippen molar-refractivity contribution in [1.82, 2.24) is 4.90 Å². The van der Waals surface area contributed by atoms with Gasteiger partial charge in [0.25, 0.3) is 5.91 Å². The minimum Gasteiger partial charge on any atom is -0.399 e. The number of hydrogen-bond acceptors (Lipinski definition) is 4. The standard InChI is InChI=1S/C13H16N2O2S/c1-2-15(5-6-16)13(17)12-8-9-7-10(14)3-4-11(9)18-12/h3-4,7-8,16H,2,5-6,14H2,1H3. The van der Waals surface area contributed by atoms with Gasteiger partial charge < -0.3 is 15.7 Å². The summed E-state index contributed by atoms with van der Waals surface area (Å²) in [4.78, 5) is 14.5. The third kappa shape index (κ3) is 2.47. The molecule has 0 unspecified atom stereocenters. The van der Waals surface area contributed by atoms with Gasteiger partial charge in [0.2, 0.25) is 0 Å². The molecule has 0 saturated heterocycles. The van der Waals surface area contributed by atoms with Crippen LogP contribution in [-0.4, -0.2) is 35.6 Å². The van der Waals surface area contributed by atoms with Crippen molar-refractivity contribution in [2.24, 2.45) is 0 Å². The van der Waals surface area contributed by atoms with Crippen molar-refractivity contribution in [2.75, 3.05) is 25.4 Å². The van der Waals surface area contributed by atoms with Crippen LogP contribution in [0.1, 0.15) is 16.6 Å². The summed E-state index contributed by atoms with van der Waals surface area (Å²) in [6.07, 6.45) is 0. The first-order valence-corrected chi connectivity index (χ1v) is 6.66. The first-order valence-electron chi connectivity index (χ1n) is 5.85. The fourth-order valence-electron chi connectivity index (χ4n) is 1.85. The number of thiophene rings is 1. The van der Waals surface area contributed by atoms with E-state index in [1.165, 1.54) is 11.3 Å². The predicted octanol–water partition coefficient (Wildman–Crippen LogP) is 1.94. The second-order valence-corrected chi connectivity index (χ2v) is 5.10. The second-order valence-electron chi connectivity index (χ2n) is 4.02. The zero-order valence-corrected chi connectivity index (χ0v) is 11.0. The lowest BCUT2D eigenvalue weighted by Gasteiger charge is -2.18. The van der Waals surface area contributed by atoms with Gasteiger partial charge in [0.15, 0.2) is 0 Å². The number of amides is 1. The Morgan fingerprint density at radius 2 is 2.22 bits per heavy atom. The SMILES string of the molecule is CCN(CCO)C(=O)c1cc2cc(N)ccc2s1. The summed E-state index contributed by atoms with van der Waals surface area (Å²) in [7, 11) is 0. The van der Waals surface area contributed by atoms with Gasteiger partial charge >= 0.3 is 0 Å². The average Bonchev–Trinajstić information content (AvgIpc) is 2.77. The fourth-order valence-corrected chi connectivity index (χ4v) is 2.86. The van der Waals surface area contributed by atoms with E-state index in [0.717, 1.165) is 10.1 Å². The van der Waals surface area contributed by atoms with E-state index in [4.69, 9.17) is 10.8 Å². The molecule has 1 aromatic carbocycles. The van der Waals surface area contributed by atoms with Gasteiger partial charge in [-0.05, 0) is 36.6 Å². The summed E-state index contributed by atoms with van der Waals surface area (Å²) >= 11 is 1.46. The number of fused-ring (bicyclic) bond motifs is 1. The number of aliphatic hydroxyl groups excluding tert-OH is 1. The van der Waals surface area contributed by atoms with Crippen LogP contribution >= 0.6 is 11.3 Å². The largest absolute Gasteiger partial charge is 0.399 e. The number of carbonyl (C=O) groups excluding carboxylic acids is 1. The Kier molecular flexibility index (Phi) is 3.84. The number of nitrogens with two attached hydrogens (primary N) is 1. The molecule has 2 aromatic rings. The molecular formula is C13H16N2O2S. The molecule has 96 valence electrons. The zero-order chi connectivity index (χ0) is 13.1. The van der Waals surface area contributed by atoms with Crippen molar-refractivity contribution in [1.29, 1.82) is 0 Å². The number of nitrogens with zero attached hydrogens (tertiary/aromatic N) is 1. The van der Waals surface area contributed by atoms with E-state index in [-0.39, 0.29) is 12.5 Å². The molecular weight excluding hydrogens is 248 g/mol. The summed E-state index contributed by atoms with van der Waals surface area (Å²) in [5.41, 5.74) is 6.42. The highest BCUT2D eigenvalue weighted by Gasteiger charge is 2.16. The van der Waals surface area contributed by atoms with Crippen LogP contribution in [0, 0.1) is 0 Å². The minimum absolute atomic E-state index is 0.0164. The van der Waals surface area contributed by atoms with Crippen LogP contribution in [0.25, 0.3) is 10.1 Å². The van der Waals surface area contributed by atoms with Crippen LogP contribution in [0.2, 0.25) is 0 Å². The molecule has 18 heavy (non-hydrogen) atoms. The monoisotopic (exact) mass is 264 g/mol. The number of nitrogen functional groups attached to an aromatic ring is 1. The molecule has 0 spiro atoms. The number of anilines is 1. The number of carbonyl (C=O) groups is 1. The molecule has 1 heterocycles. The van der Waals surface area contributed by atoms with Gasteiger partial charge in [-0.15, -0.1) is 11.3 Å². The molecule has 0 aliphatic rings. The summed E-state index contributed by atoms with van der Waals surface area (Å²) in [5, 5.41) is 9.92. The highest BCUT2D eigenvalue weighted by Crippen LogP contribution is 2.28. The van der Waals surface area contributed by atoms with Gasteiger partial charge in [0.05, 0.1) is 11.5 Å². The lowest BCUT2D eigenvalue weighted by atomic mass is 10.2. The molecule has 0 atom stereocenters. The van der Waals surface area contributed by atoms with Crippen LogP contribution in [-0.2, 0) is 0 Å². The smallest absolute Gasteiger partial charge is 0.264 e. The maximum Gasteiger partial charge on any atom is 0.264 e.